The third-order valence-corrected chi connectivity index (χ3v) is 4.21. The molecule has 0 aliphatic carbocycles. The summed E-state index contributed by atoms with van der Waals surface area (Å²) in [4.78, 5) is 20.2. The Balaban J connectivity index is 1.83. The van der Waals surface area contributed by atoms with Gasteiger partial charge in [-0.05, 0) is 19.1 Å². The summed E-state index contributed by atoms with van der Waals surface area (Å²) >= 11 is 0. The lowest BCUT2D eigenvalue weighted by Gasteiger charge is -2.34. The summed E-state index contributed by atoms with van der Waals surface area (Å²) in [6.07, 6.45) is 2.62. The standard InChI is InChI=1S/C19H30N4O2/c1-4-20-19(21-13-10-18(24)22(2)3)23-14-11-17(12-15-23)25-16-8-6-5-7-9-16/h5-9,17H,4,10-15H2,1-3H3,(H,20,21). The number of piperidine rings is 1. The highest BCUT2D eigenvalue weighted by Gasteiger charge is 2.22. The summed E-state index contributed by atoms with van der Waals surface area (Å²) < 4.78 is 6.05. The molecule has 1 amide bonds. The third-order valence-electron chi connectivity index (χ3n) is 4.21. The molecule has 25 heavy (non-hydrogen) atoms. The lowest BCUT2D eigenvalue weighted by Crippen LogP contribution is -2.47. The fourth-order valence-electron chi connectivity index (χ4n) is 2.78. The number of hydrogen-bond acceptors (Lipinski definition) is 3. The number of ether oxygens (including phenoxy) is 1. The van der Waals surface area contributed by atoms with E-state index in [0.717, 1.165) is 44.2 Å². The first kappa shape index (κ1) is 19.1. The van der Waals surface area contributed by atoms with Crippen LogP contribution in [0.5, 0.6) is 5.75 Å². The summed E-state index contributed by atoms with van der Waals surface area (Å²) in [5.41, 5.74) is 0. The van der Waals surface area contributed by atoms with Gasteiger partial charge in [-0.1, -0.05) is 18.2 Å². The Kier molecular flexibility index (Phi) is 7.57. The van der Waals surface area contributed by atoms with E-state index in [4.69, 9.17) is 4.74 Å². The molecule has 1 fully saturated rings. The summed E-state index contributed by atoms with van der Waals surface area (Å²) in [7, 11) is 3.55. The number of likely N-dealkylation sites (tertiary alicyclic amines) is 1. The zero-order chi connectivity index (χ0) is 18.1. The van der Waals surface area contributed by atoms with Crippen LogP contribution < -0.4 is 10.1 Å². The summed E-state index contributed by atoms with van der Waals surface area (Å²) in [5, 5.41) is 3.33. The minimum Gasteiger partial charge on any atom is -0.490 e. The molecular weight excluding hydrogens is 316 g/mol. The highest BCUT2D eigenvalue weighted by atomic mass is 16.5. The quantitative estimate of drug-likeness (QED) is 0.632. The molecule has 0 aromatic heterocycles. The van der Waals surface area contributed by atoms with Gasteiger partial charge < -0.3 is 19.9 Å². The van der Waals surface area contributed by atoms with Gasteiger partial charge in [-0.25, -0.2) is 0 Å². The van der Waals surface area contributed by atoms with Crippen LogP contribution in [0, 0.1) is 0 Å². The summed E-state index contributed by atoms with van der Waals surface area (Å²) in [6, 6.07) is 9.99. The van der Waals surface area contributed by atoms with E-state index < -0.39 is 0 Å². The van der Waals surface area contributed by atoms with Crippen LogP contribution in [-0.2, 0) is 4.79 Å². The topological polar surface area (TPSA) is 57.2 Å². The van der Waals surface area contributed by atoms with Gasteiger partial charge in [-0.3, -0.25) is 9.79 Å². The third kappa shape index (κ3) is 6.29. The highest BCUT2D eigenvalue weighted by molar-refractivity contribution is 5.81. The van der Waals surface area contributed by atoms with Gasteiger partial charge in [-0.15, -0.1) is 0 Å². The second kappa shape index (κ2) is 9.91. The molecule has 0 bridgehead atoms. The molecule has 1 heterocycles. The van der Waals surface area contributed by atoms with Gasteiger partial charge in [0.15, 0.2) is 5.96 Å². The minimum atomic E-state index is 0.106. The molecule has 6 heteroatoms. The van der Waals surface area contributed by atoms with Gasteiger partial charge >= 0.3 is 0 Å². The van der Waals surface area contributed by atoms with Gasteiger partial charge in [0, 0.05) is 53.0 Å². The number of para-hydroxylation sites is 1. The fourth-order valence-corrected chi connectivity index (χ4v) is 2.78. The average molecular weight is 346 g/mol. The van der Waals surface area contributed by atoms with Crippen LogP contribution in [0.25, 0.3) is 0 Å². The van der Waals surface area contributed by atoms with Crippen molar-refractivity contribution in [2.75, 3.05) is 40.3 Å². The first-order valence-corrected chi connectivity index (χ1v) is 9.05. The van der Waals surface area contributed by atoms with E-state index in [1.807, 2.05) is 30.3 Å². The van der Waals surface area contributed by atoms with Gasteiger partial charge in [0.25, 0.3) is 0 Å². The van der Waals surface area contributed by atoms with Crippen molar-refractivity contribution in [3.8, 4) is 5.75 Å². The largest absolute Gasteiger partial charge is 0.490 e. The van der Waals surface area contributed by atoms with Gasteiger partial charge in [0.1, 0.15) is 11.9 Å². The molecule has 0 unspecified atom stereocenters. The monoisotopic (exact) mass is 346 g/mol. The first-order valence-electron chi connectivity index (χ1n) is 9.05. The molecule has 1 aliphatic rings. The van der Waals surface area contributed by atoms with Crippen molar-refractivity contribution in [1.82, 2.24) is 15.1 Å². The van der Waals surface area contributed by atoms with Crippen LogP contribution in [0.3, 0.4) is 0 Å². The lowest BCUT2D eigenvalue weighted by atomic mass is 10.1. The van der Waals surface area contributed by atoms with Crippen LogP contribution in [-0.4, -0.2) is 68.0 Å². The lowest BCUT2D eigenvalue weighted by molar-refractivity contribution is -0.128. The number of hydrogen-bond donors (Lipinski definition) is 1. The fraction of sp³-hybridized carbons (Fsp3) is 0.579. The second-order valence-electron chi connectivity index (χ2n) is 6.39. The Labute approximate surface area is 150 Å². The van der Waals surface area contributed by atoms with Gasteiger partial charge in [-0.2, -0.15) is 0 Å². The predicted molar refractivity (Wildman–Crippen MR) is 101 cm³/mol. The number of carbonyl (C=O) groups is 1. The van der Waals surface area contributed by atoms with Crippen LogP contribution in [0.2, 0.25) is 0 Å². The molecular formula is C19H30N4O2. The van der Waals surface area contributed by atoms with E-state index >= 15 is 0 Å². The number of amides is 1. The van der Waals surface area contributed by atoms with Crippen molar-refractivity contribution < 1.29 is 9.53 Å². The van der Waals surface area contributed by atoms with Crippen molar-refractivity contribution >= 4 is 11.9 Å². The number of rotatable bonds is 6. The van der Waals surface area contributed by atoms with Crippen molar-refractivity contribution in [3.63, 3.8) is 0 Å². The van der Waals surface area contributed by atoms with Crippen molar-refractivity contribution in [2.45, 2.75) is 32.3 Å². The summed E-state index contributed by atoms with van der Waals surface area (Å²) in [6.45, 7) is 5.21. The number of benzene rings is 1. The van der Waals surface area contributed by atoms with E-state index in [9.17, 15) is 4.79 Å². The zero-order valence-corrected chi connectivity index (χ0v) is 15.6. The van der Waals surface area contributed by atoms with E-state index in [1.165, 1.54) is 0 Å². The Morgan fingerprint density at radius 1 is 1.28 bits per heavy atom. The predicted octanol–water partition coefficient (Wildman–Crippen LogP) is 1.97. The number of aliphatic imine (C=N–C) groups is 1. The zero-order valence-electron chi connectivity index (χ0n) is 15.6. The second-order valence-corrected chi connectivity index (χ2v) is 6.39. The van der Waals surface area contributed by atoms with Crippen molar-refractivity contribution in [1.29, 1.82) is 0 Å². The average Bonchev–Trinajstić information content (AvgIpc) is 2.62. The molecule has 1 aromatic rings. The molecule has 6 nitrogen and oxygen atoms in total. The molecule has 0 spiro atoms. The van der Waals surface area contributed by atoms with E-state index in [0.29, 0.717) is 13.0 Å². The molecule has 1 aromatic carbocycles. The smallest absolute Gasteiger partial charge is 0.223 e. The summed E-state index contributed by atoms with van der Waals surface area (Å²) in [5.74, 6) is 1.94. The van der Waals surface area contributed by atoms with E-state index in [1.54, 1.807) is 19.0 Å². The van der Waals surface area contributed by atoms with E-state index in [-0.39, 0.29) is 12.0 Å². The maximum atomic E-state index is 11.7. The number of carbonyl (C=O) groups excluding carboxylic acids is 1. The van der Waals surface area contributed by atoms with Crippen LogP contribution in [0.15, 0.2) is 35.3 Å². The Morgan fingerprint density at radius 3 is 2.56 bits per heavy atom. The molecule has 0 saturated carbocycles. The molecule has 2 rings (SSSR count). The SMILES string of the molecule is CCNC(=NCCC(=O)N(C)C)N1CCC(Oc2ccccc2)CC1. The normalized spacial score (nSPS) is 15.8. The Bertz CT molecular complexity index is 552. The molecule has 1 aliphatic heterocycles. The molecule has 138 valence electrons. The van der Waals surface area contributed by atoms with Crippen molar-refractivity contribution in [2.24, 2.45) is 4.99 Å². The number of guanidine groups is 1. The molecule has 0 radical (unpaired) electrons. The molecule has 1 N–H and O–H groups in total. The minimum absolute atomic E-state index is 0.106. The number of nitrogens with one attached hydrogen (secondary N) is 1. The van der Waals surface area contributed by atoms with E-state index in [2.05, 4.69) is 22.1 Å². The van der Waals surface area contributed by atoms with Gasteiger partial charge in [0.05, 0.1) is 6.54 Å². The van der Waals surface area contributed by atoms with Gasteiger partial charge in [0.2, 0.25) is 5.91 Å². The van der Waals surface area contributed by atoms with Crippen LogP contribution >= 0.6 is 0 Å². The highest BCUT2D eigenvalue weighted by Crippen LogP contribution is 2.18. The maximum Gasteiger partial charge on any atom is 0.223 e. The number of nitrogens with zero attached hydrogens (tertiary/aromatic N) is 3. The Hall–Kier alpha value is -2.24. The first-order chi connectivity index (χ1) is 12.1. The molecule has 1 saturated heterocycles. The maximum absolute atomic E-state index is 11.7. The molecule has 0 atom stereocenters. The van der Waals surface area contributed by atoms with Crippen LogP contribution in [0.1, 0.15) is 26.2 Å². The Morgan fingerprint density at radius 2 is 1.96 bits per heavy atom. The van der Waals surface area contributed by atoms with Crippen LogP contribution in [0.4, 0.5) is 0 Å². The van der Waals surface area contributed by atoms with Crippen molar-refractivity contribution in [3.05, 3.63) is 30.3 Å².